The molecule has 7 aromatic rings. The number of fused-ring (bicyclic) bond motifs is 7. The maximum atomic E-state index is 2.70. The predicted octanol–water partition coefficient (Wildman–Crippen LogP) is 9.83. The van der Waals surface area contributed by atoms with Crippen LogP contribution in [0.1, 0.15) is 74.6 Å². The molecule has 2 heteroatoms. The topological polar surface area (TPSA) is 8.29 Å². The third kappa shape index (κ3) is 3.20. The van der Waals surface area contributed by atoms with Crippen LogP contribution >= 0.6 is 0 Å². The summed E-state index contributed by atoms with van der Waals surface area (Å²) in [6, 6.07) is 21.4. The van der Waals surface area contributed by atoms with E-state index in [1.165, 1.54) is 102 Å². The first-order chi connectivity index (χ1) is 19.2. The van der Waals surface area contributed by atoms with Crippen LogP contribution in [0.25, 0.3) is 59.8 Å². The van der Waals surface area contributed by atoms with Gasteiger partial charge in [0, 0.05) is 16.8 Å². The lowest BCUT2D eigenvalue weighted by atomic mass is 9.83. The average Bonchev–Trinajstić information content (AvgIpc) is 3.57. The lowest BCUT2D eigenvalue weighted by Gasteiger charge is -2.24. The number of rotatable bonds is 2. The molecule has 0 N–H and O–H groups in total. The van der Waals surface area contributed by atoms with Crippen molar-refractivity contribution in [3.8, 4) is 0 Å². The van der Waals surface area contributed by atoms with Crippen LogP contribution in [0.5, 0.6) is 0 Å². The number of aryl methyl sites for hydroxylation is 3. The Hall–Kier alpha value is -3.65. The Morgan fingerprint density at radius 3 is 2.38 bits per heavy atom. The van der Waals surface area contributed by atoms with Crippen LogP contribution in [-0.4, -0.2) is 4.40 Å². The van der Waals surface area contributed by atoms with Crippen LogP contribution in [0, 0.1) is 19.3 Å². The molecule has 3 heterocycles. The number of nitrogens with zero attached hydrogens (tertiary/aromatic N) is 2. The fourth-order valence-corrected chi connectivity index (χ4v) is 8.21. The van der Waals surface area contributed by atoms with Crippen LogP contribution in [0.3, 0.4) is 0 Å². The molecular formula is C38H39N2+. The summed E-state index contributed by atoms with van der Waals surface area (Å²) in [4.78, 5) is 0. The lowest BCUT2D eigenvalue weighted by molar-refractivity contribution is -0.643. The largest absolute Gasteiger partial charge is 0.307 e. The number of benzene rings is 4. The Kier molecular flexibility index (Phi) is 4.95. The normalized spacial score (nSPS) is 15.3. The highest BCUT2D eigenvalue weighted by Crippen LogP contribution is 2.47. The molecular weight excluding hydrogens is 484 g/mol. The van der Waals surface area contributed by atoms with Crippen LogP contribution < -0.4 is 4.57 Å². The van der Waals surface area contributed by atoms with E-state index in [9.17, 15) is 0 Å². The van der Waals surface area contributed by atoms with E-state index < -0.39 is 0 Å². The molecule has 40 heavy (non-hydrogen) atoms. The molecule has 4 aromatic carbocycles. The first kappa shape index (κ1) is 24.2. The number of hydrogen-bond donors (Lipinski definition) is 0. The molecule has 200 valence electrons. The smallest absolute Gasteiger partial charge is 0.224 e. The molecule has 3 aromatic heterocycles. The molecule has 2 nitrogen and oxygen atoms in total. The van der Waals surface area contributed by atoms with Gasteiger partial charge in [-0.2, -0.15) is 0 Å². The van der Waals surface area contributed by atoms with Gasteiger partial charge >= 0.3 is 0 Å². The van der Waals surface area contributed by atoms with E-state index in [-0.39, 0.29) is 5.41 Å². The number of aromatic nitrogens is 2. The minimum Gasteiger partial charge on any atom is -0.307 e. The summed E-state index contributed by atoms with van der Waals surface area (Å²) in [7, 11) is 2.24. The highest BCUT2D eigenvalue weighted by Gasteiger charge is 2.30. The molecule has 1 fully saturated rings. The van der Waals surface area contributed by atoms with Gasteiger partial charge < -0.3 is 4.40 Å². The first-order valence-corrected chi connectivity index (χ1v) is 15.2. The highest BCUT2D eigenvalue weighted by atomic mass is 15.0. The van der Waals surface area contributed by atoms with Crippen molar-refractivity contribution < 1.29 is 4.57 Å². The van der Waals surface area contributed by atoms with Gasteiger partial charge in [-0.25, -0.2) is 4.57 Å². The zero-order valence-corrected chi connectivity index (χ0v) is 24.8. The van der Waals surface area contributed by atoms with Gasteiger partial charge in [0.25, 0.3) is 0 Å². The summed E-state index contributed by atoms with van der Waals surface area (Å²) < 4.78 is 5.08. The second-order valence-corrected chi connectivity index (χ2v) is 13.9. The van der Waals surface area contributed by atoms with Crippen molar-refractivity contribution in [2.75, 3.05) is 0 Å². The average molecular weight is 524 g/mol. The van der Waals surface area contributed by atoms with Crippen LogP contribution in [-0.2, 0) is 13.5 Å². The molecule has 0 aliphatic heterocycles. The molecule has 1 saturated carbocycles. The Morgan fingerprint density at radius 2 is 1.60 bits per heavy atom. The molecule has 1 aliphatic carbocycles. The van der Waals surface area contributed by atoms with Crippen molar-refractivity contribution in [1.82, 2.24) is 4.40 Å². The van der Waals surface area contributed by atoms with Gasteiger partial charge in [-0.1, -0.05) is 81.6 Å². The van der Waals surface area contributed by atoms with Crippen molar-refractivity contribution in [2.24, 2.45) is 12.5 Å². The molecule has 0 saturated heterocycles. The molecule has 8 rings (SSSR count). The second-order valence-electron chi connectivity index (χ2n) is 13.9. The summed E-state index contributed by atoms with van der Waals surface area (Å²) in [5.41, 5.74) is 11.5. The van der Waals surface area contributed by atoms with Gasteiger partial charge in [-0.3, -0.25) is 0 Å². The fraction of sp³-hybridized carbons (Fsp3) is 0.342. The minimum atomic E-state index is 0.156. The summed E-state index contributed by atoms with van der Waals surface area (Å²) in [6.45, 7) is 11.8. The second kappa shape index (κ2) is 8.19. The van der Waals surface area contributed by atoms with Crippen molar-refractivity contribution in [3.63, 3.8) is 0 Å². The highest BCUT2D eigenvalue weighted by molar-refractivity contribution is 6.29. The molecule has 0 radical (unpaired) electrons. The molecule has 0 spiro atoms. The quantitative estimate of drug-likeness (QED) is 0.121. The summed E-state index contributed by atoms with van der Waals surface area (Å²) >= 11 is 0. The van der Waals surface area contributed by atoms with Crippen molar-refractivity contribution >= 4 is 59.8 Å². The molecule has 0 bridgehead atoms. The van der Waals surface area contributed by atoms with E-state index in [1.807, 2.05) is 0 Å². The van der Waals surface area contributed by atoms with Gasteiger partial charge in [0.15, 0.2) is 6.20 Å². The first-order valence-electron chi connectivity index (χ1n) is 15.2. The van der Waals surface area contributed by atoms with E-state index >= 15 is 0 Å². The van der Waals surface area contributed by atoms with Gasteiger partial charge in [-0.15, -0.1) is 0 Å². The third-order valence-electron chi connectivity index (χ3n) is 9.85. The van der Waals surface area contributed by atoms with E-state index in [0.717, 1.165) is 6.42 Å². The van der Waals surface area contributed by atoms with Crippen molar-refractivity contribution in [3.05, 3.63) is 83.0 Å². The lowest BCUT2D eigenvalue weighted by Crippen LogP contribution is -2.29. The third-order valence-corrected chi connectivity index (χ3v) is 9.85. The molecule has 0 unspecified atom stereocenters. The van der Waals surface area contributed by atoms with E-state index in [2.05, 4.69) is 111 Å². The molecule has 0 amide bonds. The zero-order chi connectivity index (χ0) is 27.5. The maximum absolute atomic E-state index is 2.70. The van der Waals surface area contributed by atoms with E-state index in [1.54, 1.807) is 5.56 Å². The number of hydrogen-bond acceptors (Lipinski definition) is 0. The van der Waals surface area contributed by atoms with Crippen LogP contribution in [0.15, 0.2) is 60.8 Å². The minimum absolute atomic E-state index is 0.156. The molecule has 0 atom stereocenters. The Bertz CT molecular complexity index is 2150. The Morgan fingerprint density at radius 1 is 0.825 bits per heavy atom. The maximum Gasteiger partial charge on any atom is 0.224 e. The number of pyridine rings is 2. The Labute approximate surface area is 236 Å². The van der Waals surface area contributed by atoms with Crippen LogP contribution in [0.4, 0.5) is 0 Å². The summed E-state index contributed by atoms with van der Waals surface area (Å²) in [6.07, 6.45) is 8.62. The fourth-order valence-electron chi connectivity index (χ4n) is 8.21. The summed E-state index contributed by atoms with van der Waals surface area (Å²) in [5, 5.41) is 9.86. The van der Waals surface area contributed by atoms with Crippen molar-refractivity contribution in [2.45, 2.75) is 72.6 Å². The monoisotopic (exact) mass is 523 g/mol. The van der Waals surface area contributed by atoms with E-state index in [4.69, 9.17) is 0 Å². The van der Waals surface area contributed by atoms with Gasteiger partial charge in [-0.05, 0) is 83.4 Å². The van der Waals surface area contributed by atoms with E-state index in [0.29, 0.717) is 5.92 Å². The van der Waals surface area contributed by atoms with Gasteiger partial charge in [0.2, 0.25) is 5.52 Å². The molecule has 1 aliphatic rings. The Balaban J connectivity index is 1.74. The van der Waals surface area contributed by atoms with Crippen molar-refractivity contribution in [1.29, 1.82) is 0 Å². The predicted molar refractivity (Wildman–Crippen MR) is 171 cm³/mol. The zero-order valence-electron chi connectivity index (χ0n) is 24.8. The summed E-state index contributed by atoms with van der Waals surface area (Å²) in [5.74, 6) is 0.667. The van der Waals surface area contributed by atoms with Crippen LogP contribution in [0.2, 0.25) is 0 Å². The van der Waals surface area contributed by atoms with Gasteiger partial charge in [0.1, 0.15) is 7.05 Å². The SMILES string of the molecule is Cc1ccc2c(CC(C)(C)C)c3c(c(C)c2c1)c1c2c(ccc4c5c(C6CCCC6)cccc5n3c42)cc[n+]1C. The van der Waals surface area contributed by atoms with Gasteiger partial charge in [0.05, 0.1) is 27.3 Å². The standard InChI is InChI=1S/C38H39N2/c1-22-14-16-27-29(20-22)23(2)32-36(30(27)21-38(3,4)5)40-31-13-9-12-26(24-10-7-8-11-24)34(31)28-17-15-25-18-19-39(6)37(32)33(25)35(28)40/h9,12-20,24H,7-8,10-11,21H2,1-6H3/q+1.